The summed E-state index contributed by atoms with van der Waals surface area (Å²) in [4.78, 5) is 0. The van der Waals surface area contributed by atoms with Crippen molar-refractivity contribution >= 4 is 31.9 Å². The van der Waals surface area contributed by atoms with Gasteiger partial charge in [0.25, 0.3) is 0 Å². The normalized spacial score (nSPS) is 25.3. The average molecular weight is 392 g/mol. The molecular formula is C11H20Br2O5. The molecule has 2 heterocycles. The summed E-state index contributed by atoms with van der Waals surface area (Å²) in [7, 11) is 0. The maximum Gasteiger partial charge on any atom is 0.104 e. The number of hydrogen-bond donors (Lipinski definition) is 2. The van der Waals surface area contributed by atoms with Crippen LogP contribution in [0.5, 0.6) is 0 Å². The van der Waals surface area contributed by atoms with Crippen molar-refractivity contribution in [2.75, 3.05) is 50.3 Å². The lowest BCUT2D eigenvalue weighted by atomic mass is 9.97. The molecule has 0 aliphatic carbocycles. The summed E-state index contributed by atoms with van der Waals surface area (Å²) >= 11 is 6.41. The smallest absolute Gasteiger partial charge is 0.104 e. The van der Waals surface area contributed by atoms with Crippen molar-refractivity contribution in [2.24, 2.45) is 5.41 Å². The number of ether oxygens (including phenoxy) is 3. The van der Waals surface area contributed by atoms with Gasteiger partial charge in [0, 0.05) is 16.1 Å². The van der Waals surface area contributed by atoms with Crippen LogP contribution in [-0.4, -0.2) is 72.7 Å². The minimum Gasteiger partial charge on any atom is -0.396 e. The Kier molecular flexibility index (Phi) is 8.25. The van der Waals surface area contributed by atoms with E-state index in [9.17, 15) is 0 Å². The second-order valence-corrected chi connectivity index (χ2v) is 5.65. The fraction of sp³-hybridized carbons (Fsp3) is 1.00. The summed E-state index contributed by atoms with van der Waals surface area (Å²) in [5.41, 5.74) is -0.389. The number of alkyl halides is 2. The molecule has 2 saturated heterocycles. The summed E-state index contributed by atoms with van der Waals surface area (Å²) in [6, 6.07) is 0. The number of aliphatic hydroxyl groups is 2. The van der Waals surface area contributed by atoms with Gasteiger partial charge in [0.1, 0.15) is 12.2 Å². The van der Waals surface area contributed by atoms with Crippen molar-refractivity contribution in [3.05, 3.63) is 0 Å². The topological polar surface area (TPSA) is 74.8 Å². The van der Waals surface area contributed by atoms with Gasteiger partial charge in [0.05, 0.1) is 39.6 Å². The van der Waals surface area contributed by atoms with Crippen LogP contribution in [0.25, 0.3) is 0 Å². The summed E-state index contributed by atoms with van der Waals surface area (Å²) in [6.07, 6.45) is 0.785. The molecule has 2 unspecified atom stereocenters. The summed E-state index contributed by atoms with van der Waals surface area (Å²) in [5, 5.41) is 18.7. The van der Waals surface area contributed by atoms with Gasteiger partial charge in [-0.15, -0.1) is 0 Å². The SMILES string of the molecule is C(OCC1CO1)C1CO1.OCC(CO)(CBr)CBr. The van der Waals surface area contributed by atoms with Gasteiger partial charge in [-0.25, -0.2) is 0 Å². The number of halogens is 2. The minimum absolute atomic E-state index is 0. The molecule has 0 aromatic heterocycles. The van der Waals surface area contributed by atoms with Gasteiger partial charge in [-0.1, -0.05) is 31.9 Å². The molecule has 0 saturated carbocycles. The van der Waals surface area contributed by atoms with Crippen LogP contribution < -0.4 is 0 Å². The highest BCUT2D eigenvalue weighted by Crippen LogP contribution is 2.21. The number of aliphatic hydroxyl groups excluding tert-OH is 2. The fourth-order valence-electron chi connectivity index (χ4n) is 0.914. The van der Waals surface area contributed by atoms with E-state index in [0.29, 0.717) is 22.9 Å². The van der Waals surface area contributed by atoms with Crippen molar-refractivity contribution < 1.29 is 24.4 Å². The van der Waals surface area contributed by atoms with Gasteiger partial charge >= 0.3 is 0 Å². The van der Waals surface area contributed by atoms with Crippen LogP contribution in [0.15, 0.2) is 0 Å². The first-order valence-electron chi connectivity index (χ1n) is 5.84. The molecule has 0 spiro atoms. The molecule has 2 rings (SSSR count). The zero-order valence-electron chi connectivity index (χ0n) is 10.2. The van der Waals surface area contributed by atoms with Gasteiger partial charge in [0.2, 0.25) is 0 Å². The Morgan fingerprint density at radius 2 is 1.39 bits per heavy atom. The minimum atomic E-state index is -0.389. The maximum absolute atomic E-state index is 8.76. The van der Waals surface area contributed by atoms with E-state index in [0.717, 1.165) is 26.4 Å². The second kappa shape index (κ2) is 8.84. The molecule has 108 valence electrons. The van der Waals surface area contributed by atoms with Crippen molar-refractivity contribution in [1.82, 2.24) is 0 Å². The molecule has 2 N–H and O–H groups in total. The van der Waals surface area contributed by atoms with Gasteiger partial charge in [0.15, 0.2) is 0 Å². The van der Waals surface area contributed by atoms with Crippen molar-refractivity contribution in [3.8, 4) is 0 Å². The molecule has 0 bridgehead atoms. The first kappa shape index (κ1) is 16.8. The monoisotopic (exact) mass is 390 g/mol. The molecule has 2 aliphatic rings. The van der Waals surface area contributed by atoms with E-state index in [-0.39, 0.29) is 18.6 Å². The molecule has 5 nitrogen and oxygen atoms in total. The standard InChI is InChI=1S/C6H10O3.C5H10Br2O2/c1(5-3-8-5)7-2-6-4-9-6;6-1-5(2-7,3-8)4-9/h5-6H,1-4H2;8-9H,1-4H2. The lowest BCUT2D eigenvalue weighted by Gasteiger charge is -2.23. The van der Waals surface area contributed by atoms with Gasteiger partial charge in [-0.05, 0) is 0 Å². The van der Waals surface area contributed by atoms with E-state index < -0.39 is 0 Å². The quantitative estimate of drug-likeness (QED) is 0.466. The Morgan fingerprint density at radius 1 is 1.00 bits per heavy atom. The third-order valence-electron chi connectivity index (χ3n) is 2.65. The lowest BCUT2D eigenvalue weighted by molar-refractivity contribution is 0.0952. The highest BCUT2D eigenvalue weighted by molar-refractivity contribution is 9.09. The molecule has 7 heteroatoms. The van der Waals surface area contributed by atoms with Crippen LogP contribution in [0.2, 0.25) is 0 Å². The average Bonchev–Trinajstić information content (AvgIpc) is 3.29. The largest absolute Gasteiger partial charge is 0.396 e. The molecule has 2 aliphatic heterocycles. The van der Waals surface area contributed by atoms with Crippen LogP contribution in [0.3, 0.4) is 0 Å². The highest BCUT2D eigenvalue weighted by Gasteiger charge is 2.26. The van der Waals surface area contributed by atoms with Gasteiger partial charge in [-0.3, -0.25) is 0 Å². The van der Waals surface area contributed by atoms with E-state index in [1.54, 1.807) is 0 Å². The van der Waals surface area contributed by atoms with E-state index in [4.69, 9.17) is 24.4 Å². The molecule has 0 amide bonds. The van der Waals surface area contributed by atoms with Crippen LogP contribution in [0.1, 0.15) is 0 Å². The Bertz CT molecular complexity index is 188. The Balaban J connectivity index is 0.000000180. The molecular weight excluding hydrogens is 372 g/mol. The summed E-state index contributed by atoms with van der Waals surface area (Å²) in [5.74, 6) is 0. The summed E-state index contributed by atoms with van der Waals surface area (Å²) in [6.45, 7) is 3.26. The molecule has 2 fully saturated rings. The molecule has 0 aromatic rings. The lowest BCUT2D eigenvalue weighted by Crippen LogP contribution is -2.33. The predicted molar refractivity (Wildman–Crippen MR) is 74.5 cm³/mol. The zero-order valence-corrected chi connectivity index (χ0v) is 13.4. The third kappa shape index (κ3) is 6.79. The zero-order chi connectivity index (χ0) is 13.4. The number of rotatable bonds is 8. The fourth-order valence-corrected chi connectivity index (χ4v) is 2.55. The van der Waals surface area contributed by atoms with Crippen LogP contribution >= 0.6 is 31.9 Å². The first-order valence-corrected chi connectivity index (χ1v) is 8.08. The molecule has 2 atom stereocenters. The highest BCUT2D eigenvalue weighted by atomic mass is 79.9. The van der Waals surface area contributed by atoms with Crippen molar-refractivity contribution in [3.63, 3.8) is 0 Å². The van der Waals surface area contributed by atoms with Gasteiger partial charge in [-0.2, -0.15) is 0 Å². The number of epoxide rings is 2. The van der Waals surface area contributed by atoms with Crippen LogP contribution in [-0.2, 0) is 14.2 Å². The van der Waals surface area contributed by atoms with Gasteiger partial charge < -0.3 is 24.4 Å². The summed E-state index contributed by atoms with van der Waals surface area (Å²) < 4.78 is 15.1. The van der Waals surface area contributed by atoms with E-state index in [1.165, 1.54) is 0 Å². The maximum atomic E-state index is 8.76. The second-order valence-electron chi connectivity index (χ2n) is 4.53. The third-order valence-corrected chi connectivity index (χ3v) is 5.03. The van der Waals surface area contributed by atoms with Crippen molar-refractivity contribution in [1.29, 1.82) is 0 Å². The Hall–Kier alpha value is 0.760. The predicted octanol–water partition coefficient (Wildman–Crippen LogP) is 0.548. The first-order chi connectivity index (χ1) is 8.69. The van der Waals surface area contributed by atoms with Crippen LogP contribution in [0.4, 0.5) is 0 Å². The van der Waals surface area contributed by atoms with E-state index in [2.05, 4.69) is 31.9 Å². The van der Waals surface area contributed by atoms with E-state index >= 15 is 0 Å². The Labute approximate surface area is 124 Å². The number of hydrogen-bond acceptors (Lipinski definition) is 5. The van der Waals surface area contributed by atoms with Crippen LogP contribution in [0, 0.1) is 5.41 Å². The molecule has 0 radical (unpaired) electrons. The Morgan fingerprint density at radius 3 is 1.56 bits per heavy atom. The molecule has 18 heavy (non-hydrogen) atoms. The van der Waals surface area contributed by atoms with Crippen molar-refractivity contribution in [2.45, 2.75) is 12.2 Å². The van der Waals surface area contributed by atoms with E-state index in [1.807, 2.05) is 0 Å². The molecule has 0 aromatic carbocycles.